The van der Waals surface area contributed by atoms with Crippen LogP contribution in [0.3, 0.4) is 0 Å². The van der Waals surface area contributed by atoms with E-state index in [-0.39, 0.29) is 47.9 Å². The highest BCUT2D eigenvalue weighted by Gasteiger charge is 2.33. The van der Waals surface area contributed by atoms with E-state index in [2.05, 4.69) is 15.0 Å². The summed E-state index contributed by atoms with van der Waals surface area (Å²) in [5.41, 5.74) is 8.19. The fourth-order valence-electron chi connectivity index (χ4n) is 2.06. The molecule has 104 valence electrons. The molecule has 9 heteroatoms. The van der Waals surface area contributed by atoms with Crippen molar-refractivity contribution < 1.29 is 14.7 Å². The number of amides is 1. The van der Waals surface area contributed by atoms with Gasteiger partial charge >= 0.3 is 5.97 Å². The maximum atomic E-state index is 11.9. The molecule has 1 amide bonds. The fourth-order valence-corrected chi connectivity index (χ4v) is 2.20. The molecule has 8 nitrogen and oxygen atoms in total. The van der Waals surface area contributed by atoms with Gasteiger partial charge in [-0.2, -0.15) is 0 Å². The summed E-state index contributed by atoms with van der Waals surface area (Å²) in [6.07, 6.45) is 0.187. The highest BCUT2D eigenvalue weighted by atomic mass is 35.5. The Morgan fingerprint density at radius 2 is 2.40 bits per heavy atom. The second-order valence-corrected chi connectivity index (χ2v) is 4.69. The molecule has 1 saturated heterocycles. The zero-order valence-electron chi connectivity index (χ0n) is 10.2. The van der Waals surface area contributed by atoms with Crippen molar-refractivity contribution in [1.29, 1.82) is 0 Å². The summed E-state index contributed by atoms with van der Waals surface area (Å²) in [6.45, 7) is 0.438. The van der Waals surface area contributed by atoms with Crippen LogP contribution >= 0.6 is 11.6 Å². The SMILES string of the molecule is [N-]=[N+]=NCC1CC(=O)N(c2nc(Cl)ccc2C(=O)O)C1. The van der Waals surface area contributed by atoms with Crippen molar-refractivity contribution in [1.82, 2.24) is 4.98 Å². The van der Waals surface area contributed by atoms with Gasteiger partial charge in [0.1, 0.15) is 10.7 Å². The summed E-state index contributed by atoms with van der Waals surface area (Å²) >= 11 is 5.76. The Hall–Kier alpha value is -2.31. The first-order chi connectivity index (χ1) is 9.52. The largest absolute Gasteiger partial charge is 0.478 e. The number of carbonyl (C=O) groups excluding carboxylic acids is 1. The van der Waals surface area contributed by atoms with Crippen LogP contribution in [0.2, 0.25) is 5.15 Å². The molecule has 1 aromatic heterocycles. The van der Waals surface area contributed by atoms with Gasteiger partial charge in [-0.25, -0.2) is 9.78 Å². The van der Waals surface area contributed by atoms with Crippen molar-refractivity contribution in [3.8, 4) is 0 Å². The van der Waals surface area contributed by atoms with Gasteiger partial charge in [0.2, 0.25) is 5.91 Å². The van der Waals surface area contributed by atoms with Gasteiger partial charge in [0.25, 0.3) is 0 Å². The maximum Gasteiger partial charge on any atom is 0.339 e. The van der Waals surface area contributed by atoms with Gasteiger partial charge in [-0.15, -0.1) is 0 Å². The van der Waals surface area contributed by atoms with Crippen molar-refractivity contribution in [2.24, 2.45) is 11.0 Å². The van der Waals surface area contributed by atoms with E-state index >= 15 is 0 Å². The molecule has 0 bridgehead atoms. The Labute approximate surface area is 118 Å². The van der Waals surface area contributed by atoms with Gasteiger partial charge in [-0.05, 0) is 23.6 Å². The molecule has 0 radical (unpaired) electrons. The number of rotatable bonds is 4. The highest BCUT2D eigenvalue weighted by molar-refractivity contribution is 6.29. The van der Waals surface area contributed by atoms with E-state index in [1.165, 1.54) is 17.0 Å². The average molecular weight is 296 g/mol. The average Bonchev–Trinajstić information content (AvgIpc) is 2.77. The monoisotopic (exact) mass is 295 g/mol. The van der Waals surface area contributed by atoms with Crippen LogP contribution in [-0.4, -0.2) is 35.1 Å². The van der Waals surface area contributed by atoms with E-state index in [9.17, 15) is 9.59 Å². The minimum atomic E-state index is -1.18. The predicted molar refractivity (Wildman–Crippen MR) is 70.7 cm³/mol. The first-order valence-corrected chi connectivity index (χ1v) is 6.11. The molecule has 1 N–H and O–H groups in total. The smallest absolute Gasteiger partial charge is 0.339 e. The van der Waals surface area contributed by atoms with E-state index in [1.54, 1.807) is 0 Å². The third kappa shape index (κ3) is 2.81. The molecule has 1 aliphatic heterocycles. The molecular formula is C11H10ClN5O3. The van der Waals surface area contributed by atoms with Crippen LogP contribution in [0.15, 0.2) is 17.2 Å². The lowest BCUT2D eigenvalue weighted by Crippen LogP contribution is -2.28. The molecule has 0 aromatic carbocycles. The van der Waals surface area contributed by atoms with Crippen LogP contribution in [0.5, 0.6) is 0 Å². The summed E-state index contributed by atoms with van der Waals surface area (Å²) in [4.78, 5) is 31.0. The zero-order chi connectivity index (χ0) is 14.7. The number of pyridine rings is 1. The Bertz CT molecular complexity index is 614. The first-order valence-electron chi connectivity index (χ1n) is 5.74. The molecule has 1 unspecified atom stereocenters. The number of azide groups is 1. The van der Waals surface area contributed by atoms with E-state index in [4.69, 9.17) is 22.2 Å². The van der Waals surface area contributed by atoms with Crippen LogP contribution in [0.25, 0.3) is 10.4 Å². The van der Waals surface area contributed by atoms with Gasteiger partial charge in [-0.1, -0.05) is 16.7 Å². The van der Waals surface area contributed by atoms with Crippen molar-refractivity contribution in [3.05, 3.63) is 33.3 Å². The minimum absolute atomic E-state index is 0.0263. The Kier molecular flexibility index (Phi) is 4.07. The fraction of sp³-hybridized carbons (Fsp3) is 0.364. The lowest BCUT2D eigenvalue weighted by Gasteiger charge is -2.17. The van der Waals surface area contributed by atoms with E-state index < -0.39 is 5.97 Å². The predicted octanol–water partition coefficient (Wildman–Crippen LogP) is 2.10. The van der Waals surface area contributed by atoms with Crippen molar-refractivity contribution in [2.45, 2.75) is 6.42 Å². The summed E-state index contributed by atoms with van der Waals surface area (Å²) < 4.78 is 0. The topological polar surface area (TPSA) is 119 Å². The van der Waals surface area contributed by atoms with Gasteiger partial charge in [-0.3, -0.25) is 9.69 Å². The number of carboxylic acid groups (broad SMARTS) is 1. The lowest BCUT2D eigenvalue weighted by atomic mass is 10.1. The molecule has 0 spiro atoms. The van der Waals surface area contributed by atoms with E-state index in [1.807, 2.05) is 0 Å². The zero-order valence-corrected chi connectivity index (χ0v) is 11.0. The summed E-state index contributed by atoms with van der Waals surface area (Å²) in [6, 6.07) is 2.66. The summed E-state index contributed by atoms with van der Waals surface area (Å²) in [5, 5.41) is 12.7. The van der Waals surface area contributed by atoms with Crippen molar-refractivity contribution in [3.63, 3.8) is 0 Å². The second-order valence-electron chi connectivity index (χ2n) is 4.30. The van der Waals surface area contributed by atoms with Crippen LogP contribution in [0, 0.1) is 5.92 Å². The number of hydrogen-bond acceptors (Lipinski definition) is 4. The molecule has 1 atom stereocenters. The summed E-state index contributed by atoms with van der Waals surface area (Å²) in [7, 11) is 0. The van der Waals surface area contributed by atoms with Crippen LogP contribution in [0.4, 0.5) is 5.82 Å². The number of anilines is 1. The van der Waals surface area contributed by atoms with Crippen LogP contribution < -0.4 is 4.90 Å². The third-order valence-corrected chi connectivity index (χ3v) is 3.15. The molecule has 0 saturated carbocycles. The number of aromatic nitrogens is 1. The molecule has 0 aliphatic carbocycles. The summed E-state index contributed by atoms with van der Waals surface area (Å²) in [5.74, 6) is -1.57. The number of carboxylic acids is 1. The number of hydrogen-bond donors (Lipinski definition) is 1. The molecule has 1 aromatic rings. The Morgan fingerprint density at radius 3 is 3.05 bits per heavy atom. The quantitative estimate of drug-likeness (QED) is 0.396. The normalized spacial score (nSPS) is 17.9. The van der Waals surface area contributed by atoms with Crippen LogP contribution in [0.1, 0.15) is 16.8 Å². The second kappa shape index (κ2) is 5.77. The van der Waals surface area contributed by atoms with Gasteiger partial charge in [0.05, 0.1) is 0 Å². The van der Waals surface area contributed by atoms with Gasteiger partial charge in [0.15, 0.2) is 5.82 Å². The Morgan fingerprint density at radius 1 is 1.65 bits per heavy atom. The minimum Gasteiger partial charge on any atom is -0.478 e. The highest BCUT2D eigenvalue weighted by Crippen LogP contribution is 2.28. The molecule has 1 aliphatic rings. The third-order valence-electron chi connectivity index (χ3n) is 2.94. The van der Waals surface area contributed by atoms with Crippen molar-refractivity contribution >= 4 is 29.3 Å². The molecule has 2 heterocycles. The molecule has 20 heavy (non-hydrogen) atoms. The molecule has 2 rings (SSSR count). The van der Waals surface area contributed by atoms with E-state index in [0.717, 1.165) is 0 Å². The maximum absolute atomic E-state index is 11.9. The number of nitrogens with zero attached hydrogens (tertiary/aromatic N) is 5. The van der Waals surface area contributed by atoms with Crippen molar-refractivity contribution in [2.75, 3.05) is 18.0 Å². The molecule has 1 fully saturated rings. The first kappa shape index (κ1) is 14.1. The van der Waals surface area contributed by atoms with Gasteiger partial charge < -0.3 is 5.11 Å². The number of aromatic carboxylic acids is 1. The number of halogens is 1. The number of carbonyl (C=O) groups is 2. The molecular weight excluding hydrogens is 286 g/mol. The Balaban J connectivity index is 2.32. The lowest BCUT2D eigenvalue weighted by molar-refractivity contribution is -0.117. The van der Waals surface area contributed by atoms with Crippen LogP contribution in [-0.2, 0) is 4.79 Å². The van der Waals surface area contributed by atoms with Gasteiger partial charge in [0, 0.05) is 24.4 Å². The van der Waals surface area contributed by atoms with E-state index in [0.29, 0.717) is 0 Å². The standard InChI is InChI=1S/C11H10ClN5O3/c12-8-2-1-7(11(19)20)10(15-8)17-5-6(3-9(17)18)4-14-16-13/h1-2,6H,3-5H2,(H,19,20).